The van der Waals surface area contributed by atoms with Crippen molar-refractivity contribution in [3.63, 3.8) is 0 Å². The second-order valence-corrected chi connectivity index (χ2v) is 8.69. The van der Waals surface area contributed by atoms with E-state index in [9.17, 15) is 0 Å². The van der Waals surface area contributed by atoms with Gasteiger partial charge in [-0.05, 0) is 60.2 Å². The maximum absolute atomic E-state index is 2.62. The summed E-state index contributed by atoms with van der Waals surface area (Å²) in [6, 6.07) is 0. The smallest absolute Gasteiger partial charge is 0.0228 e. The van der Waals surface area contributed by atoms with Gasteiger partial charge in [0, 0.05) is 0 Å². The molecule has 0 heteroatoms. The molecule has 0 radical (unpaired) electrons. The summed E-state index contributed by atoms with van der Waals surface area (Å²) in [7, 11) is 0. The second kappa shape index (κ2) is 10.7. The van der Waals surface area contributed by atoms with Gasteiger partial charge in [0.2, 0.25) is 0 Å². The number of hydrogen-bond donors (Lipinski definition) is 0. The first-order chi connectivity index (χ1) is 11.3. The molecule has 0 nitrogen and oxygen atoms in total. The summed E-state index contributed by atoms with van der Waals surface area (Å²) in [6.45, 7) is 22.8. The van der Waals surface area contributed by atoms with E-state index < -0.39 is 0 Å². The molecule has 0 aromatic carbocycles. The van der Waals surface area contributed by atoms with Crippen molar-refractivity contribution in [3.05, 3.63) is 12.2 Å². The van der Waals surface area contributed by atoms with Gasteiger partial charge in [-0.2, -0.15) is 0 Å². The molecule has 0 aliphatic heterocycles. The zero-order valence-corrected chi connectivity index (χ0v) is 18.7. The number of hydrogen-bond acceptors (Lipinski definition) is 0. The Bertz CT molecular complexity index is 353. The maximum Gasteiger partial charge on any atom is -0.0228 e. The molecule has 2 rings (SSSR count). The largest absolute Gasteiger partial charge is 0.0880 e. The quantitative estimate of drug-likeness (QED) is 0.451. The molecule has 0 heterocycles. The standard InChI is InChI=1S/C20H36.2C2H6/c1-15(2)9-7-10-16(3)18-12-14-19(5)17(4)11-8-13-20(18,19)6;2*1-2/h7,10,15-18H,8-9,11-14H2,1-6H3;2*1-2H3/b10-7+;;. The van der Waals surface area contributed by atoms with Crippen molar-refractivity contribution in [2.75, 3.05) is 0 Å². The second-order valence-electron chi connectivity index (χ2n) is 8.69. The molecule has 0 bridgehead atoms. The van der Waals surface area contributed by atoms with Crippen molar-refractivity contribution in [1.29, 1.82) is 0 Å². The maximum atomic E-state index is 2.62. The molecule has 2 aliphatic rings. The van der Waals surface area contributed by atoms with Crippen LogP contribution in [0.2, 0.25) is 0 Å². The lowest BCUT2D eigenvalue weighted by atomic mass is 9.52. The van der Waals surface area contributed by atoms with Gasteiger partial charge in [0.25, 0.3) is 0 Å². The van der Waals surface area contributed by atoms with Crippen LogP contribution >= 0.6 is 0 Å². The lowest BCUT2D eigenvalue weighted by Crippen LogP contribution is -2.45. The first-order valence-corrected chi connectivity index (χ1v) is 11.0. The van der Waals surface area contributed by atoms with Crippen molar-refractivity contribution in [2.24, 2.45) is 34.5 Å². The molecule has 0 spiro atoms. The average molecular weight is 337 g/mol. The van der Waals surface area contributed by atoms with Crippen LogP contribution in [0, 0.1) is 34.5 Å². The molecule has 0 saturated heterocycles. The third-order valence-electron chi connectivity index (χ3n) is 7.20. The Morgan fingerprint density at radius 3 is 2.04 bits per heavy atom. The fraction of sp³-hybridized carbons (Fsp3) is 0.917. The highest BCUT2D eigenvalue weighted by molar-refractivity contribution is 5.10. The average Bonchev–Trinajstić information content (AvgIpc) is 2.84. The first-order valence-electron chi connectivity index (χ1n) is 11.0. The predicted molar refractivity (Wildman–Crippen MR) is 112 cm³/mol. The number of allylic oxidation sites excluding steroid dienone is 2. The van der Waals surface area contributed by atoms with E-state index in [-0.39, 0.29) is 0 Å². The van der Waals surface area contributed by atoms with Gasteiger partial charge in [0.1, 0.15) is 0 Å². The van der Waals surface area contributed by atoms with Crippen LogP contribution in [0.5, 0.6) is 0 Å². The normalized spacial score (nSPS) is 36.5. The molecule has 5 atom stereocenters. The van der Waals surface area contributed by atoms with E-state index in [4.69, 9.17) is 0 Å². The van der Waals surface area contributed by atoms with Crippen LogP contribution in [0.4, 0.5) is 0 Å². The summed E-state index contributed by atoms with van der Waals surface area (Å²) in [5, 5.41) is 0. The van der Waals surface area contributed by atoms with Crippen LogP contribution in [0.3, 0.4) is 0 Å². The summed E-state index contributed by atoms with van der Waals surface area (Å²) in [4.78, 5) is 0. The van der Waals surface area contributed by atoms with Crippen LogP contribution < -0.4 is 0 Å². The van der Waals surface area contributed by atoms with Gasteiger partial charge in [-0.3, -0.25) is 0 Å². The summed E-state index contributed by atoms with van der Waals surface area (Å²) in [6.07, 6.45) is 13.5. The van der Waals surface area contributed by atoms with Crippen molar-refractivity contribution >= 4 is 0 Å². The van der Waals surface area contributed by atoms with E-state index in [1.165, 1.54) is 38.5 Å². The fourth-order valence-corrected chi connectivity index (χ4v) is 5.40. The number of rotatable bonds is 4. The molecule has 24 heavy (non-hydrogen) atoms. The molecule has 0 aromatic heterocycles. The Morgan fingerprint density at radius 2 is 1.50 bits per heavy atom. The highest BCUT2D eigenvalue weighted by Gasteiger charge is 2.58. The topological polar surface area (TPSA) is 0 Å². The molecule has 0 N–H and O–H groups in total. The Morgan fingerprint density at radius 1 is 0.917 bits per heavy atom. The molecular formula is C24H48. The lowest BCUT2D eigenvalue weighted by molar-refractivity contribution is -0.0360. The van der Waals surface area contributed by atoms with E-state index >= 15 is 0 Å². The monoisotopic (exact) mass is 336 g/mol. The Labute approximate surface area is 154 Å². The molecular weight excluding hydrogens is 288 g/mol. The molecule has 2 fully saturated rings. The number of fused-ring (bicyclic) bond motifs is 1. The van der Waals surface area contributed by atoms with Gasteiger partial charge in [-0.15, -0.1) is 0 Å². The molecule has 2 aliphatic carbocycles. The molecule has 144 valence electrons. The predicted octanol–water partition coefficient (Wildman–Crippen LogP) is 8.52. The third-order valence-corrected chi connectivity index (χ3v) is 7.20. The van der Waals surface area contributed by atoms with Crippen LogP contribution in [0.15, 0.2) is 12.2 Å². The summed E-state index contributed by atoms with van der Waals surface area (Å²) in [5.41, 5.74) is 1.17. The SMILES string of the molecule is CC.CC.CC(C)C/C=C/C(C)C1CCC2(C)C(C)CCCC12C. The molecule has 5 unspecified atom stereocenters. The minimum absolute atomic E-state index is 0.576. The fourth-order valence-electron chi connectivity index (χ4n) is 5.40. The van der Waals surface area contributed by atoms with Crippen molar-refractivity contribution in [3.8, 4) is 0 Å². The lowest BCUT2D eigenvalue weighted by Gasteiger charge is -2.53. The minimum Gasteiger partial charge on any atom is -0.0880 e. The summed E-state index contributed by atoms with van der Waals surface area (Å²) >= 11 is 0. The van der Waals surface area contributed by atoms with Gasteiger partial charge in [0.05, 0.1) is 0 Å². The van der Waals surface area contributed by atoms with E-state index in [0.717, 1.165) is 23.7 Å². The molecule has 0 aromatic rings. The van der Waals surface area contributed by atoms with Crippen molar-refractivity contribution in [1.82, 2.24) is 0 Å². The molecule has 0 amide bonds. The van der Waals surface area contributed by atoms with Crippen molar-refractivity contribution < 1.29 is 0 Å². The van der Waals surface area contributed by atoms with E-state index in [0.29, 0.717) is 10.8 Å². The van der Waals surface area contributed by atoms with Crippen LogP contribution in [-0.2, 0) is 0 Å². The summed E-state index contributed by atoms with van der Waals surface area (Å²) in [5.74, 6) is 3.36. The third kappa shape index (κ3) is 4.89. The highest BCUT2D eigenvalue weighted by Crippen LogP contribution is 2.66. The molecule has 2 saturated carbocycles. The van der Waals surface area contributed by atoms with E-state index in [1.54, 1.807) is 0 Å². The van der Waals surface area contributed by atoms with E-state index in [1.807, 2.05) is 27.7 Å². The zero-order valence-electron chi connectivity index (χ0n) is 18.7. The zero-order chi connectivity index (χ0) is 19.0. The van der Waals surface area contributed by atoms with Gasteiger partial charge in [-0.1, -0.05) is 94.2 Å². The van der Waals surface area contributed by atoms with Crippen LogP contribution in [0.25, 0.3) is 0 Å². The van der Waals surface area contributed by atoms with Gasteiger partial charge in [0.15, 0.2) is 0 Å². The Kier molecular flexibility index (Phi) is 10.6. The van der Waals surface area contributed by atoms with Gasteiger partial charge in [-0.25, -0.2) is 0 Å². The van der Waals surface area contributed by atoms with Gasteiger partial charge < -0.3 is 0 Å². The minimum atomic E-state index is 0.576. The Balaban J connectivity index is 0.00000123. The highest BCUT2D eigenvalue weighted by atomic mass is 14.6. The van der Waals surface area contributed by atoms with Gasteiger partial charge >= 0.3 is 0 Å². The summed E-state index contributed by atoms with van der Waals surface area (Å²) < 4.78 is 0. The van der Waals surface area contributed by atoms with Crippen LogP contribution in [-0.4, -0.2) is 0 Å². The Hall–Kier alpha value is -0.260. The first kappa shape index (κ1) is 23.7. The van der Waals surface area contributed by atoms with Crippen molar-refractivity contribution in [2.45, 2.75) is 108 Å². The van der Waals surface area contributed by atoms with E-state index in [2.05, 4.69) is 53.7 Å². The van der Waals surface area contributed by atoms with Crippen LogP contribution in [0.1, 0.15) is 108 Å².